The molecular formula is C17H28N2O. The van der Waals surface area contributed by atoms with E-state index in [9.17, 15) is 0 Å². The molecule has 2 unspecified atom stereocenters. The SMILES string of the molecule is CCCOc1cccc(CN2CCC(N)C(CC)C2)c1. The lowest BCUT2D eigenvalue weighted by Gasteiger charge is -2.36. The number of piperidine rings is 1. The second kappa shape index (κ2) is 7.65. The van der Waals surface area contributed by atoms with Gasteiger partial charge in [-0.3, -0.25) is 4.90 Å². The van der Waals surface area contributed by atoms with E-state index in [1.165, 1.54) is 12.0 Å². The number of benzene rings is 1. The number of nitrogens with zero attached hydrogens (tertiary/aromatic N) is 1. The van der Waals surface area contributed by atoms with Crippen molar-refractivity contribution in [2.45, 2.75) is 45.7 Å². The molecule has 0 bridgehead atoms. The first kappa shape index (κ1) is 15.3. The summed E-state index contributed by atoms with van der Waals surface area (Å²) in [6.07, 6.45) is 3.34. The molecule has 0 spiro atoms. The number of rotatable bonds is 6. The highest BCUT2D eigenvalue weighted by atomic mass is 16.5. The maximum absolute atomic E-state index is 6.18. The van der Waals surface area contributed by atoms with Gasteiger partial charge in [-0.1, -0.05) is 32.4 Å². The second-order valence-electron chi connectivity index (χ2n) is 5.85. The molecule has 1 saturated heterocycles. The minimum absolute atomic E-state index is 0.385. The molecule has 2 N–H and O–H groups in total. The van der Waals surface area contributed by atoms with Crippen LogP contribution in [0.1, 0.15) is 38.7 Å². The Morgan fingerprint density at radius 1 is 1.35 bits per heavy atom. The number of likely N-dealkylation sites (tertiary alicyclic amines) is 1. The molecule has 1 heterocycles. The molecule has 1 aliphatic rings. The van der Waals surface area contributed by atoms with Crippen LogP contribution >= 0.6 is 0 Å². The van der Waals surface area contributed by atoms with E-state index in [2.05, 4.69) is 36.9 Å². The smallest absolute Gasteiger partial charge is 0.119 e. The van der Waals surface area contributed by atoms with Crippen LogP contribution in [-0.2, 0) is 6.54 Å². The summed E-state index contributed by atoms with van der Waals surface area (Å²) in [7, 11) is 0. The lowest BCUT2D eigenvalue weighted by molar-refractivity contribution is 0.145. The first-order valence-corrected chi connectivity index (χ1v) is 7.92. The fourth-order valence-corrected chi connectivity index (χ4v) is 2.91. The van der Waals surface area contributed by atoms with Crippen molar-refractivity contribution in [1.82, 2.24) is 4.90 Å². The highest BCUT2D eigenvalue weighted by Crippen LogP contribution is 2.21. The molecule has 1 fully saturated rings. The molecule has 1 aromatic rings. The van der Waals surface area contributed by atoms with Gasteiger partial charge in [-0.2, -0.15) is 0 Å². The van der Waals surface area contributed by atoms with Gasteiger partial charge in [0.2, 0.25) is 0 Å². The number of ether oxygens (including phenoxy) is 1. The lowest BCUT2D eigenvalue weighted by Crippen LogP contribution is -2.46. The van der Waals surface area contributed by atoms with Crippen molar-refractivity contribution < 1.29 is 4.74 Å². The largest absolute Gasteiger partial charge is 0.494 e. The molecule has 1 aliphatic heterocycles. The Morgan fingerprint density at radius 2 is 2.20 bits per heavy atom. The predicted molar refractivity (Wildman–Crippen MR) is 83.9 cm³/mol. The fourth-order valence-electron chi connectivity index (χ4n) is 2.91. The third-order valence-electron chi connectivity index (χ3n) is 4.18. The molecule has 2 rings (SSSR count). The summed E-state index contributed by atoms with van der Waals surface area (Å²) in [5, 5.41) is 0. The van der Waals surface area contributed by atoms with E-state index in [0.717, 1.165) is 44.8 Å². The van der Waals surface area contributed by atoms with E-state index >= 15 is 0 Å². The molecule has 3 heteroatoms. The third-order valence-corrected chi connectivity index (χ3v) is 4.18. The topological polar surface area (TPSA) is 38.5 Å². The molecular weight excluding hydrogens is 248 g/mol. The van der Waals surface area contributed by atoms with Gasteiger partial charge in [0.25, 0.3) is 0 Å². The normalized spacial score (nSPS) is 23.8. The first-order chi connectivity index (χ1) is 9.72. The van der Waals surface area contributed by atoms with Gasteiger partial charge < -0.3 is 10.5 Å². The van der Waals surface area contributed by atoms with Crippen LogP contribution in [0.4, 0.5) is 0 Å². The molecule has 0 aliphatic carbocycles. The third kappa shape index (κ3) is 4.22. The van der Waals surface area contributed by atoms with Gasteiger partial charge >= 0.3 is 0 Å². The Kier molecular flexibility index (Phi) is 5.86. The minimum Gasteiger partial charge on any atom is -0.494 e. The maximum atomic E-state index is 6.18. The van der Waals surface area contributed by atoms with Crippen molar-refractivity contribution in [3.63, 3.8) is 0 Å². The molecule has 2 atom stereocenters. The van der Waals surface area contributed by atoms with Crippen LogP contribution in [0, 0.1) is 5.92 Å². The molecule has 1 aromatic carbocycles. The summed E-state index contributed by atoms with van der Waals surface area (Å²) in [6, 6.07) is 8.88. The first-order valence-electron chi connectivity index (χ1n) is 7.92. The van der Waals surface area contributed by atoms with Crippen LogP contribution in [0.5, 0.6) is 5.75 Å². The highest BCUT2D eigenvalue weighted by Gasteiger charge is 2.25. The molecule has 0 radical (unpaired) electrons. The summed E-state index contributed by atoms with van der Waals surface area (Å²) in [4.78, 5) is 2.52. The molecule has 20 heavy (non-hydrogen) atoms. The standard InChI is InChI=1S/C17H28N2O/c1-3-10-20-16-7-5-6-14(11-16)12-19-9-8-17(18)15(4-2)13-19/h5-7,11,15,17H,3-4,8-10,12-13,18H2,1-2H3. The highest BCUT2D eigenvalue weighted by molar-refractivity contribution is 5.28. The Morgan fingerprint density at radius 3 is 2.95 bits per heavy atom. The van der Waals surface area contributed by atoms with E-state index in [0.29, 0.717) is 12.0 Å². The Bertz CT molecular complexity index is 408. The van der Waals surface area contributed by atoms with Gasteiger partial charge in [0.15, 0.2) is 0 Å². The van der Waals surface area contributed by atoms with Crippen molar-refractivity contribution in [3.8, 4) is 5.75 Å². The van der Waals surface area contributed by atoms with Gasteiger partial charge in [0, 0.05) is 19.1 Å². The van der Waals surface area contributed by atoms with Gasteiger partial charge in [-0.15, -0.1) is 0 Å². The van der Waals surface area contributed by atoms with Gasteiger partial charge in [0.1, 0.15) is 5.75 Å². The van der Waals surface area contributed by atoms with Crippen molar-refractivity contribution in [3.05, 3.63) is 29.8 Å². The maximum Gasteiger partial charge on any atom is 0.119 e. The van der Waals surface area contributed by atoms with Crippen molar-refractivity contribution in [2.75, 3.05) is 19.7 Å². The number of hydrogen-bond acceptors (Lipinski definition) is 3. The van der Waals surface area contributed by atoms with Crippen molar-refractivity contribution in [1.29, 1.82) is 0 Å². The fraction of sp³-hybridized carbons (Fsp3) is 0.647. The van der Waals surface area contributed by atoms with Gasteiger partial charge in [-0.25, -0.2) is 0 Å². The van der Waals surface area contributed by atoms with Gasteiger partial charge in [-0.05, 0) is 43.0 Å². The van der Waals surface area contributed by atoms with Crippen molar-refractivity contribution >= 4 is 0 Å². The van der Waals surface area contributed by atoms with Crippen LogP contribution in [0.2, 0.25) is 0 Å². The second-order valence-corrected chi connectivity index (χ2v) is 5.85. The molecule has 0 amide bonds. The Balaban J connectivity index is 1.92. The lowest BCUT2D eigenvalue weighted by atomic mass is 9.90. The zero-order valence-electron chi connectivity index (χ0n) is 12.8. The summed E-state index contributed by atoms with van der Waals surface area (Å²) < 4.78 is 5.71. The van der Waals surface area contributed by atoms with Crippen LogP contribution in [-0.4, -0.2) is 30.6 Å². The molecule has 3 nitrogen and oxygen atoms in total. The number of nitrogens with two attached hydrogens (primary N) is 1. The quantitative estimate of drug-likeness (QED) is 0.868. The Hall–Kier alpha value is -1.06. The minimum atomic E-state index is 0.385. The van der Waals surface area contributed by atoms with Crippen LogP contribution in [0.3, 0.4) is 0 Å². The van der Waals surface area contributed by atoms with E-state index in [-0.39, 0.29) is 0 Å². The predicted octanol–water partition coefficient (Wildman–Crippen LogP) is 3.03. The number of hydrogen-bond donors (Lipinski definition) is 1. The zero-order chi connectivity index (χ0) is 14.4. The van der Waals surface area contributed by atoms with E-state index in [1.54, 1.807) is 0 Å². The summed E-state index contributed by atoms with van der Waals surface area (Å²) in [5.74, 6) is 1.63. The van der Waals surface area contributed by atoms with Gasteiger partial charge in [0.05, 0.1) is 6.61 Å². The average Bonchev–Trinajstić information content (AvgIpc) is 2.47. The van der Waals surface area contributed by atoms with Crippen molar-refractivity contribution in [2.24, 2.45) is 11.7 Å². The summed E-state index contributed by atoms with van der Waals surface area (Å²) in [6.45, 7) is 8.40. The van der Waals surface area contributed by atoms with E-state index in [1.807, 2.05) is 6.07 Å². The average molecular weight is 276 g/mol. The molecule has 0 aromatic heterocycles. The summed E-state index contributed by atoms with van der Waals surface area (Å²) in [5.41, 5.74) is 7.51. The van der Waals surface area contributed by atoms with Crippen LogP contribution in [0.25, 0.3) is 0 Å². The zero-order valence-corrected chi connectivity index (χ0v) is 12.8. The van der Waals surface area contributed by atoms with E-state index < -0.39 is 0 Å². The molecule has 112 valence electrons. The monoisotopic (exact) mass is 276 g/mol. The summed E-state index contributed by atoms with van der Waals surface area (Å²) >= 11 is 0. The van der Waals surface area contributed by atoms with Crippen LogP contribution in [0.15, 0.2) is 24.3 Å². The van der Waals surface area contributed by atoms with E-state index in [4.69, 9.17) is 10.5 Å². The van der Waals surface area contributed by atoms with Crippen LogP contribution < -0.4 is 10.5 Å². The molecule has 0 saturated carbocycles. The Labute approximate surface area is 123 Å².